The third-order valence-electron chi connectivity index (χ3n) is 3.35. The number of carbonyl (C=O) groups is 4. The van der Waals surface area contributed by atoms with Crippen LogP contribution in [0.3, 0.4) is 0 Å². The van der Waals surface area contributed by atoms with Gasteiger partial charge in [0.15, 0.2) is 0 Å². The summed E-state index contributed by atoms with van der Waals surface area (Å²) >= 11 is 0. The van der Waals surface area contributed by atoms with E-state index >= 15 is 0 Å². The second kappa shape index (κ2) is 9.01. The highest BCUT2D eigenvalue weighted by Crippen LogP contribution is 2.07. The second-order valence-electron chi connectivity index (χ2n) is 5.37. The van der Waals surface area contributed by atoms with Gasteiger partial charge < -0.3 is 21.3 Å². The summed E-state index contributed by atoms with van der Waals surface area (Å²) in [7, 11) is 0. The van der Waals surface area contributed by atoms with E-state index in [9.17, 15) is 19.2 Å². The Morgan fingerprint density at radius 1 is 0.864 bits per heavy atom. The van der Waals surface area contributed by atoms with E-state index in [1.54, 1.807) is 0 Å². The van der Waals surface area contributed by atoms with Gasteiger partial charge in [0.1, 0.15) is 12.1 Å². The highest BCUT2D eigenvalue weighted by Gasteiger charge is 2.32. The van der Waals surface area contributed by atoms with Gasteiger partial charge in [0.05, 0.1) is 0 Å². The Kier molecular flexibility index (Phi) is 7.34. The first-order valence-electron chi connectivity index (χ1n) is 7.49. The molecule has 4 N–H and O–H groups in total. The van der Waals surface area contributed by atoms with Crippen molar-refractivity contribution in [3.8, 4) is 0 Å². The van der Waals surface area contributed by atoms with E-state index in [4.69, 9.17) is 0 Å². The monoisotopic (exact) mass is 312 g/mol. The summed E-state index contributed by atoms with van der Waals surface area (Å²) in [4.78, 5) is 45.3. The third-order valence-corrected chi connectivity index (χ3v) is 3.35. The van der Waals surface area contributed by atoms with Crippen molar-refractivity contribution in [2.24, 2.45) is 0 Å². The van der Waals surface area contributed by atoms with Gasteiger partial charge in [0.25, 0.3) is 0 Å². The van der Waals surface area contributed by atoms with Crippen molar-refractivity contribution in [1.29, 1.82) is 0 Å². The Morgan fingerprint density at radius 3 is 1.55 bits per heavy atom. The molecule has 0 aromatic heterocycles. The molecule has 1 saturated heterocycles. The van der Waals surface area contributed by atoms with Crippen LogP contribution in [0.2, 0.25) is 0 Å². The number of amides is 4. The van der Waals surface area contributed by atoms with Crippen molar-refractivity contribution in [3.63, 3.8) is 0 Å². The second-order valence-corrected chi connectivity index (χ2v) is 5.37. The average Bonchev–Trinajstić information content (AvgIpc) is 2.43. The lowest BCUT2D eigenvalue weighted by molar-refractivity contribution is -0.137. The van der Waals surface area contributed by atoms with Crippen LogP contribution in [0.15, 0.2) is 0 Å². The van der Waals surface area contributed by atoms with Crippen LogP contribution in [0.1, 0.15) is 39.5 Å². The van der Waals surface area contributed by atoms with E-state index in [-0.39, 0.29) is 23.6 Å². The fraction of sp³-hybridized carbons (Fsp3) is 0.714. The predicted octanol–water partition coefficient (Wildman–Crippen LogP) is -1.20. The minimum atomic E-state index is -0.548. The first kappa shape index (κ1) is 17.9. The number of carbonyl (C=O) groups excluding carboxylic acids is 4. The smallest absolute Gasteiger partial charge is 0.243 e. The average molecular weight is 312 g/mol. The summed E-state index contributed by atoms with van der Waals surface area (Å²) in [6.07, 6.45) is 2.20. The van der Waals surface area contributed by atoms with Crippen LogP contribution >= 0.6 is 0 Å². The highest BCUT2D eigenvalue weighted by atomic mass is 16.2. The molecule has 22 heavy (non-hydrogen) atoms. The minimum absolute atomic E-state index is 0.114. The largest absolute Gasteiger partial charge is 0.356 e. The lowest BCUT2D eigenvalue weighted by atomic mass is 10.0. The van der Waals surface area contributed by atoms with Crippen molar-refractivity contribution in [2.75, 3.05) is 13.1 Å². The number of nitrogens with one attached hydrogen (secondary N) is 4. The summed E-state index contributed by atoms with van der Waals surface area (Å²) in [5.74, 6) is -0.633. The fourth-order valence-corrected chi connectivity index (χ4v) is 2.22. The zero-order chi connectivity index (χ0) is 16.5. The van der Waals surface area contributed by atoms with E-state index in [2.05, 4.69) is 21.3 Å². The standard InChI is InChI=1S/C14H24N4O4/c1-9(19)15-7-3-5-11-13(21)18-12(14(22)17-11)6-4-8-16-10(2)20/h11-12H,3-8H2,1-2H3,(H,15,19)(H,16,20)(H,17,22)(H,18,21)/t11-,12-/m1/s1. The number of hydrogen-bond acceptors (Lipinski definition) is 4. The van der Waals surface area contributed by atoms with Gasteiger partial charge >= 0.3 is 0 Å². The van der Waals surface area contributed by atoms with Gasteiger partial charge in [0, 0.05) is 26.9 Å². The summed E-state index contributed by atoms with van der Waals surface area (Å²) in [5, 5.41) is 10.7. The molecular formula is C14H24N4O4. The van der Waals surface area contributed by atoms with E-state index in [0.717, 1.165) is 0 Å². The van der Waals surface area contributed by atoms with Gasteiger partial charge in [-0.1, -0.05) is 0 Å². The number of piperazine rings is 1. The van der Waals surface area contributed by atoms with Gasteiger partial charge in [-0.3, -0.25) is 19.2 Å². The molecule has 8 nitrogen and oxygen atoms in total. The van der Waals surface area contributed by atoms with Gasteiger partial charge in [-0.15, -0.1) is 0 Å². The zero-order valence-electron chi connectivity index (χ0n) is 13.0. The normalized spacial score (nSPS) is 20.8. The Bertz CT molecular complexity index is 399. The maximum absolute atomic E-state index is 11.9. The number of rotatable bonds is 8. The van der Waals surface area contributed by atoms with Crippen molar-refractivity contribution in [1.82, 2.24) is 21.3 Å². The summed E-state index contributed by atoms with van der Waals surface area (Å²) in [6.45, 7) is 3.82. The molecule has 0 unspecified atom stereocenters. The first-order valence-corrected chi connectivity index (χ1v) is 7.49. The topological polar surface area (TPSA) is 116 Å². The van der Waals surface area contributed by atoms with E-state index in [1.165, 1.54) is 13.8 Å². The van der Waals surface area contributed by atoms with Crippen LogP contribution in [0.4, 0.5) is 0 Å². The van der Waals surface area contributed by atoms with Gasteiger partial charge in [-0.25, -0.2) is 0 Å². The van der Waals surface area contributed by atoms with E-state index in [0.29, 0.717) is 38.8 Å². The lowest BCUT2D eigenvalue weighted by Gasteiger charge is -2.29. The van der Waals surface area contributed by atoms with Gasteiger partial charge in [-0.05, 0) is 25.7 Å². The molecule has 0 radical (unpaired) electrons. The van der Waals surface area contributed by atoms with Gasteiger partial charge in [0.2, 0.25) is 23.6 Å². The Hall–Kier alpha value is -2.12. The lowest BCUT2D eigenvalue weighted by Crippen LogP contribution is -2.61. The van der Waals surface area contributed by atoms with E-state index < -0.39 is 12.1 Å². The molecule has 0 aromatic rings. The Labute approximate surface area is 129 Å². The summed E-state index contributed by atoms with van der Waals surface area (Å²) in [5.41, 5.74) is 0. The Balaban J connectivity index is 2.28. The quantitative estimate of drug-likeness (QED) is 0.421. The van der Waals surface area contributed by atoms with Crippen LogP contribution in [-0.4, -0.2) is 48.8 Å². The number of hydrogen-bond donors (Lipinski definition) is 4. The van der Waals surface area contributed by atoms with Crippen LogP contribution in [0, 0.1) is 0 Å². The van der Waals surface area contributed by atoms with Gasteiger partial charge in [-0.2, -0.15) is 0 Å². The molecule has 1 rings (SSSR count). The summed E-state index contributed by atoms with van der Waals surface area (Å²) in [6, 6.07) is -1.10. The van der Waals surface area contributed by atoms with Crippen molar-refractivity contribution in [2.45, 2.75) is 51.6 Å². The zero-order valence-corrected chi connectivity index (χ0v) is 13.0. The maximum atomic E-state index is 11.9. The molecular weight excluding hydrogens is 288 g/mol. The van der Waals surface area contributed by atoms with Crippen molar-refractivity contribution < 1.29 is 19.2 Å². The van der Waals surface area contributed by atoms with Crippen LogP contribution in [-0.2, 0) is 19.2 Å². The molecule has 0 aromatic carbocycles. The molecule has 0 spiro atoms. The first-order chi connectivity index (χ1) is 10.4. The minimum Gasteiger partial charge on any atom is -0.356 e. The van der Waals surface area contributed by atoms with E-state index in [1.807, 2.05) is 0 Å². The molecule has 1 aliphatic heterocycles. The maximum Gasteiger partial charge on any atom is 0.243 e. The predicted molar refractivity (Wildman–Crippen MR) is 79.7 cm³/mol. The fourth-order valence-electron chi connectivity index (χ4n) is 2.22. The van der Waals surface area contributed by atoms with Crippen LogP contribution in [0.25, 0.3) is 0 Å². The third kappa shape index (κ3) is 6.55. The highest BCUT2D eigenvalue weighted by molar-refractivity contribution is 5.96. The summed E-state index contributed by atoms with van der Waals surface area (Å²) < 4.78 is 0. The molecule has 124 valence electrons. The van der Waals surface area contributed by atoms with Crippen molar-refractivity contribution >= 4 is 23.6 Å². The molecule has 0 bridgehead atoms. The molecule has 1 aliphatic rings. The SMILES string of the molecule is CC(=O)NCCC[C@H]1NC(=O)[C@@H](CCCNC(C)=O)NC1=O. The molecule has 1 heterocycles. The molecule has 4 amide bonds. The van der Waals surface area contributed by atoms with Crippen molar-refractivity contribution in [3.05, 3.63) is 0 Å². The Morgan fingerprint density at radius 2 is 1.23 bits per heavy atom. The molecule has 0 aliphatic carbocycles. The molecule has 0 saturated carbocycles. The molecule has 2 atom stereocenters. The molecule has 1 fully saturated rings. The molecule has 8 heteroatoms. The van der Waals surface area contributed by atoms with Crippen LogP contribution < -0.4 is 21.3 Å². The van der Waals surface area contributed by atoms with Crippen LogP contribution in [0.5, 0.6) is 0 Å².